The maximum absolute atomic E-state index is 12.3. The van der Waals surface area contributed by atoms with Crippen LogP contribution in [0.25, 0.3) is 6.08 Å². The number of carbonyl (C=O) groups excluding carboxylic acids is 2. The van der Waals surface area contributed by atoms with Crippen LogP contribution in [-0.2, 0) is 4.79 Å². The van der Waals surface area contributed by atoms with Crippen LogP contribution in [0.2, 0.25) is 0 Å². The summed E-state index contributed by atoms with van der Waals surface area (Å²) >= 11 is 0. The fourth-order valence-corrected chi connectivity index (χ4v) is 2.84. The van der Waals surface area contributed by atoms with Crippen molar-refractivity contribution in [3.05, 3.63) is 95.6 Å². The Morgan fingerprint density at radius 1 is 0.933 bits per heavy atom. The van der Waals surface area contributed by atoms with Crippen molar-refractivity contribution < 1.29 is 19.1 Å². The quantitative estimate of drug-likeness (QED) is 0.430. The van der Waals surface area contributed by atoms with Crippen molar-refractivity contribution in [2.45, 2.75) is 6.92 Å². The predicted octanol–water partition coefficient (Wildman–Crippen LogP) is 4.92. The van der Waals surface area contributed by atoms with E-state index >= 15 is 0 Å². The first-order valence-electron chi connectivity index (χ1n) is 9.50. The van der Waals surface area contributed by atoms with E-state index in [0.717, 1.165) is 11.1 Å². The third-order valence-corrected chi connectivity index (χ3v) is 4.33. The number of amides is 1. The molecule has 0 aromatic heterocycles. The standard InChI is InChI=1S/C25H23NO4/c1-18-7-6-8-20(15-18)22(27)13-11-19-12-14-23(24(16-19)29-2)30-17-25(28)26-21-9-4-3-5-10-21/h3-16H,17H2,1-2H3,(H,26,28)/b13-11+. The van der Waals surface area contributed by atoms with Crippen molar-refractivity contribution in [3.63, 3.8) is 0 Å². The van der Waals surface area contributed by atoms with Crippen molar-refractivity contribution in [3.8, 4) is 11.5 Å². The Labute approximate surface area is 176 Å². The molecule has 5 heteroatoms. The summed E-state index contributed by atoms with van der Waals surface area (Å²) in [6, 6.07) is 21.9. The largest absolute Gasteiger partial charge is 0.493 e. The number of rotatable bonds is 8. The number of para-hydroxylation sites is 1. The molecule has 0 saturated heterocycles. The van der Waals surface area contributed by atoms with Gasteiger partial charge in [-0.15, -0.1) is 0 Å². The third-order valence-electron chi connectivity index (χ3n) is 4.33. The molecule has 0 bridgehead atoms. The minimum Gasteiger partial charge on any atom is -0.493 e. The van der Waals surface area contributed by atoms with Crippen molar-refractivity contribution in [2.75, 3.05) is 19.0 Å². The van der Waals surface area contributed by atoms with E-state index in [0.29, 0.717) is 22.7 Å². The van der Waals surface area contributed by atoms with E-state index in [9.17, 15) is 9.59 Å². The first kappa shape index (κ1) is 20.9. The third kappa shape index (κ3) is 5.82. The minimum absolute atomic E-state index is 0.0735. The van der Waals surface area contributed by atoms with E-state index < -0.39 is 0 Å². The number of aryl methyl sites for hydroxylation is 1. The lowest BCUT2D eigenvalue weighted by atomic mass is 10.1. The molecule has 0 aliphatic rings. The summed E-state index contributed by atoms with van der Waals surface area (Å²) in [6.45, 7) is 1.80. The van der Waals surface area contributed by atoms with Crippen LogP contribution in [0.1, 0.15) is 21.5 Å². The minimum atomic E-state index is -0.268. The molecular weight excluding hydrogens is 378 g/mol. The van der Waals surface area contributed by atoms with Crippen LogP contribution in [0.4, 0.5) is 5.69 Å². The van der Waals surface area contributed by atoms with Gasteiger partial charge in [0.25, 0.3) is 5.91 Å². The number of anilines is 1. The molecule has 0 radical (unpaired) electrons. The molecule has 3 rings (SSSR count). The number of carbonyl (C=O) groups is 2. The molecule has 0 spiro atoms. The van der Waals surface area contributed by atoms with Crippen LogP contribution in [0, 0.1) is 6.92 Å². The maximum atomic E-state index is 12.3. The van der Waals surface area contributed by atoms with Gasteiger partial charge in [0, 0.05) is 11.3 Å². The lowest BCUT2D eigenvalue weighted by Crippen LogP contribution is -2.20. The zero-order valence-electron chi connectivity index (χ0n) is 16.9. The van der Waals surface area contributed by atoms with Gasteiger partial charge in [-0.2, -0.15) is 0 Å². The van der Waals surface area contributed by atoms with Crippen LogP contribution in [0.5, 0.6) is 11.5 Å². The number of ketones is 1. The maximum Gasteiger partial charge on any atom is 0.262 e. The molecule has 30 heavy (non-hydrogen) atoms. The molecule has 1 N–H and O–H groups in total. The second-order valence-electron chi connectivity index (χ2n) is 6.68. The second-order valence-corrected chi connectivity index (χ2v) is 6.68. The average Bonchev–Trinajstić information content (AvgIpc) is 2.77. The van der Waals surface area contributed by atoms with Crippen LogP contribution in [0.15, 0.2) is 78.9 Å². The van der Waals surface area contributed by atoms with Gasteiger partial charge in [-0.25, -0.2) is 0 Å². The topological polar surface area (TPSA) is 64.6 Å². The molecule has 0 heterocycles. The number of ether oxygens (including phenoxy) is 2. The van der Waals surface area contributed by atoms with Gasteiger partial charge in [0.2, 0.25) is 0 Å². The van der Waals surface area contributed by atoms with Gasteiger partial charge in [0.05, 0.1) is 7.11 Å². The normalized spacial score (nSPS) is 10.6. The number of hydrogen-bond donors (Lipinski definition) is 1. The van der Waals surface area contributed by atoms with Gasteiger partial charge in [-0.3, -0.25) is 9.59 Å². The lowest BCUT2D eigenvalue weighted by molar-refractivity contribution is -0.118. The molecular formula is C25H23NO4. The monoisotopic (exact) mass is 401 g/mol. The SMILES string of the molecule is COc1cc(/C=C/C(=O)c2cccc(C)c2)ccc1OCC(=O)Nc1ccccc1. The molecule has 0 atom stereocenters. The van der Waals surface area contributed by atoms with E-state index in [4.69, 9.17) is 9.47 Å². The molecule has 0 aliphatic heterocycles. The molecule has 0 unspecified atom stereocenters. The highest BCUT2D eigenvalue weighted by Crippen LogP contribution is 2.28. The van der Waals surface area contributed by atoms with E-state index in [1.807, 2.05) is 43.3 Å². The van der Waals surface area contributed by atoms with Crippen molar-refractivity contribution >= 4 is 23.5 Å². The van der Waals surface area contributed by atoms with Gasteiger partial charge in [0.15, 0.2) is 23.9 Å². The molecule has 1 amide bonds. The van der Waals surface area contributed by atoms with Crippen LogP contribution < -0.4 is 14.8 Å². The zero-order valence-corrected chi connectivity index (χ0v) is 16.9. The van der Waals surface area contributed by atoms with Crippen LogP contribution in [0.3, 0.4) is 0 Å². The van der Waals surface area contributed by atoms with E-state index in [2.05, 4.69) is 5.32 Å². The summed E-state index contributed by atoms with van der Waals surface area (Å²) < 4.78 is 11.0. The highest BCUT2D eigenvalue weighted by Gasteiger charge is 2.09. The van der Waals surface area contributed by atoms with Gasteiger partial charge in [-0.1, -0.05) is 54.1 Å². The molecule has 5 nitrogen and oxygen atoms in total. The van der Waals surface area contributed by atoms with Crippen LogP contribution >= 0.6 is 0 Å². The predicted molar refractivity (Wildman–Crippen MR) is 118 cm³/mol. The highest BCUT2D eigenvalue weighted by atomic mass is 16.5. The van der Waals surface area contributed by atoms with Gasteiger partial charge in [0.1, 0.15) is 0 Å². The number of hydrogen-bond acceptors (Lipinski definition) is 4. The molecule has 0 fully saturated rings. The number of nitrogens with one attached hydrogen (secondary N) is 1. The Hall–Kier alpha value is -3.86. The molecule has 0 aliphatic carbocycles. The molecule has 3 aromatic rings. The van der Waals surface area contributed by atoms with Crippen molar-refractivity contribution in [2.24, 2.45) is 0 Å². The number of benzene rings is 3. The van der Waals surface area contributed by atoms with E-state index in [1.54, 1.807) is 42.5 Å². The Balaban J connectivity index is 1.63. The van der Waals surface area contributed by atoms with Crippen LogP contribution in [-0.4, -0.2) is 25.4 Å². The summed E-state index contributed by atoms with van der Waals surface area (Å²) in [5.74, 6) is 0.585. The second kappa shape index (κ2) is 10.1. The Morgan fingerprint density at radius 3 is 2.47 bits per heavy atom. The fraction of sp³-hybridized carbons (Fsp3) is 0.120. The average molecular weight is 401 g/mol. The molecule has 3 aromatic carbocycles. The fourth-order valence-electron chi connectivity index (χ4n) is 2.84. The molecule has 152 valence electrons. The summed E-state index contributed by atoms with van der Waals surface area (Å²) in [7, 11) is 1.53. The van der Waals surface area contributed by atoms with Gasteiger partial charge in [-0.05, 0) is 48.9 Å². The van der Waals surface area contributed by atoms with Crippen molar-refractivity contribution in [1.29, 1.82) is 0 Å². The highest BCUT2D eigenvalue weighted by molar-refractivity contribution is 6.06. The smallest absolute Gasteiger partial charge is 0.262 e. The van der Waals surface area contributed by atoms with Crippen molar-refractivity contribution in [1.82, 2.24) is 0 Å². The number of allylic oxidation sites excluding steroid dienone is 1. The first-order chi connectivity index (χ1) is 14.5. The Morgan fingerprint density at radius 2 is 1.73 bits per heavy atom. The summed E-state index contributed by atoms with van der Waals surface area (Å²) in [5.41, 5.74) is 3.17. The Kier molecular flexibility index (Phi) is 7.00. The zero-order chi connectivity index (χ0) is 21.3. The molecule has 0 saturated carbocycles. The lowest BCUT2D eigenvalue weighted by Gasteiger charge is -2.11. The Bertz CT molecular complexity index is 1060. The summed E-state index contributed by atoms with van der Waals surface area (Å²) in [6.07, 6.45) is 3.25. The van der Waals surface area contributed by atoms with Gasteiger partial charge >= 0.3 is 0 Å². The van der Waals surface area contributed by atoms with E-state index in [-0.39, 0.29) is 18.3 Å². The summed E-state index contributed by atoms with van der Waals surface area (Å²) in [5, 5.41) is 2.76. The first-order valence-corrected chi connectivity index (χ1v) is 9.50. The van der Waals surface area contributed by atoms with Gasteiger partial charge < -0.3 is 14.8 Å². The number of methoxy groups -OCH3 is 1. The summed E-state index contributed by atoms with van der Waals surface area (Å²) in [4.78, 5) is 24.4. The van der Waals surface area contributed by atoms with E-state index in [1.165, 1.54) is 13.2 Å².